The van der Waals surface area contributed by atoms with Gasteiger partial charge in [-0.1, -0.05) is 31.3 Å². The van der Waals surface area contributed by atoms with Crippen LogP contribution in [0.4, 0.5) is 5.69 Å². The van der Waals surface area contributed by atoms with Crippen molar-refractivity contribution in [2.45, 2.75) is 39.0 Å². The standard InChI is InChI=1S/C16H23N3O2/c1-16(10-4-3-5-11-16)15(20)19(2)13-8-6-12(7-9-13)14(17)18-21/h6-9,21H,3-5,10-11H2,1-2H3,(H2,17,18). The SMILES string of the molecule is CN(C(=O)C1(C)CCCCC1)c1ccc(/C(N)=N/O)cc1. The highest BCUT2D eigenvalue weighted by molar-refractivity contribution is 5.99. The summed E-state index contributed by atoms with van der Waals surface area (Å²) < 4.78 is 0. The predicted octanol–water partition coefficient (Wildman–Crippen LogP) is 2.71. The van der Waals surface area contributed by atoms with E-state index in [2.05, 4.69) is 12.1 Å². The molecule has 5 heteroatoms. The van der Waals surface area contributed by atoms with Crippen LogP contribution in [-0.4, -0.2) is 24.0 Å². The fourth-order valence-electron chi connectivity index (χ4n) is 2.98. The van der Waals surface area contributed by atoms with Gasteiger partial charge in [-0.15, -0.1) is 0 Å². The van der Waals surface area contributed by atoms with Crippen LogP contribution in [0.1, 0.15) is 44.6 Å². The van der Waals surface area contributed by atoms with Gasteiger partial charge in [-0.2, -0.15) is 0 Å². The fraction of sp³-hybridized carbons (Fsp3) is 0.500. The maximum Gasteiger partial charge on any atom is 0.232 e. The minimum absolute atomic E-state index is 0.0646. The van der Waals surface area contributed by atoms with Crippen LogP contribution >= 0.6 is 0 Å². The monoisotopic (exact) mass is 289 g/mol. The second-order valence-electron chi connectivity index (χ2n) is 6.02. The van der Waals surface area contributed by atoms with Crippen LogP contribution in [0.2, 0.25) is 0 Å². The lowest BCUT2D eigenvalue weighted by Crippen LogP contribution is -2.41. The number of nitrogens with zero attached hydrogens (tertiary/aromatic N) is 2. The second kappa shape index (κ2) is 6.16. The van der Waals surface area contributed by atoms with Crippen molar-refractivity contribution in [2.24, 2.45) is 16.3 Å². The lowest BCUT2D eigenvalue weighted by Gasteiger charge is -2.35. The Bertz CT molecular complexity index is 531. The van der Waals surface area contributed by atoms with E-state index in [0.717, 1.165) is 31.4 Å². The van der Waals surface area contributed by atoms with Gasteiger partial charge in [0.05, 0.1) is 0 Å². The quantitative estimate of drug-likeness (QED) is 0.388. The van der Waals surface area contributed by atoms with Gasteiger partial charge in [-0.05, 0) is 37.1 Å². The van der Waals surface area contributed by atoms with Crippen LogP contribution in [0.25, 0.3) is 0 Å². The van der Waals surface area contributed by atoms with Crippen molar-refractivity contribution >= 4 is 17.4 Å². The Morgan fingerprint density at radius 1 is 1.24 bits per heavy atom. The van der Waals surface area contributed by atoms with Crippen LogP contribution in [0.3, 0.4) is 0 Å². The summed E-state index contributed by atoms with van der Waals surface area (Å²) in [5, 5.41) is 11.6. The molecule has 1 aliphatic rings. The fourth-order valence-corrected chi connectivity index (χ4v) is 2.98. The lowest BCUT2D eigenvalue weighted by atomic mass is 9.74. The zero-order valence-corrected chi connectivity index (χ0v) is 12.7. The molecule has 0 heterocycles. The summed E-state index contributed by atoms with van der Waals surface area (Å²) in [5.74, 6) is 0.230. The highest BCUT2D eigenvalue weighted by Crippen LogP contribution is 2.38. The largest absolute Gasteiger partial charge is 0.409 e. The van der Waals surface area contributed by atoms with Gasteiger partial charge in [0.2, 0.25) is 5.91 Å². The van der Waals surface area contributed by atoms with Crippen molar-refractivity contribution in [2.75, 3.05) is 11.9 Å². The van der Waals surface area contributed by atoms with E-state index >= 15 is 0 Å². The van der Waals surface area contributed by atoms with E-state index in [0.29, 0.717) is 5.56 Å². The van der Waals surface area contributed by atoms with Crippen LogP contribution in [0.15, 0.2) is 29.4 Å². The minimum Gasteiger partial charge on any atom is -0.409 e. The molecule has 1 aromatic rings. The molecule has 5 nitrogen and oxygen atoms in total. The minimum atomic E-state index is -0.253. The van der Waals surface area contributed by atoms with Gasteiger partial charge < -0.3 is 15.8 Å². The Morgan fingerprint density at radius 2 is 1.81 bits per heavy atom. The molecule has 0 radical (unpaired) electrons. The first kappa shape index (κ1) is 15.4. The lowest BCUT2D eigenvalue weighted by molar-refractivity contribution is -0.128. The van der Waals surface area contributed by atoms with Crippen LogP contribution in [0, 0.1) is 5.41 Å². The van der Waals surface area contributed by atoms with E-state index in [9.17, 15) is 4.79 Å². The van der Waals surface area contributed by atoms with E-state index in [4.69, 9.17) is 10.9 Å². The Labute approximate surface area is 125 Å². The van der Waals surface area contributed by atoms with Crippen LogP contribution in [-0.2, 0) is 4.79 Å². The third kappa shape index (κ3) is 3.17. The summed E-state index contributed by atoms with van der Waals surface area (Å²) in [5.41, 5.74) is 6.74. The van der Waals surface area contributed by atoms with Gasteiger partial charge >= 0.3 is 0 Å². The summed E-state index contributed by atoms with van der Waals surface area (Å²) in [6.07, 6.45) is 5.38. The average Bonchev–Trinajstić information content (AvgIpc) is 2.53. The van der Waals surface area contributed by atoms with Crippen molar-refractivity contribution in [3.8, 4) is 0 Å². The predicted molar refractivity (Wildman–Crippen MR) is 83.6 cm³/mol. The Morgan fingerprint density at radius 3 is 2.33 bits per heavy atom. The number of amidine groups is 1. The molecule has 1 aromatic carbocycles. The molecule has 0 aromatic heterocycles. The topological polar surface area (TPSA) is 78.9 Å². The summed E-state index contributed by atoms with van der Waals surface area (Å²) in [7, 11) is 1.81. The number of nitrogens with two attached hydrogens (primary N) is 1. The highest BCUT2D eigenvalue weighted by atomic mass is 16.4. The molecule has 1 aliphatic carbocycles. The third-order valence-electron chi connectivity index (χ3n) is 4.44. The highest BCUT2D eigenvalue weighted by Gasteiger charge is 2.36. The van der Waals surface area contributed by atoms with Crippen molar-refractivity contribution < 1.29 is 10.0 Å². The molecular weight excluding hydrogens is 266 g/mol. The molecule has 1 amide bonds. The first-order chi connectivity index (χ1) is 9.98. The molecule has 0 saturated heterocycles. The molecule has 2 rings (SSSR count). The van der Waals surface area contributed by atoms with E-state index in [1.54, 1.807) is 24.1 Å². The van der Waals surface area contributed by atoms with Crippen LogP contribution in [0.5, 0.6) is 0 Å². The van der Waals surface area contributed by atoms with Gasteiger partial charge in [-0.25, -0.2) is 0 Å². The van der Waals surface area contributed by atoms with E-state index in [-0.39, 0.29) is 17.2 Å². The molecule has 21 heavy (non-hydrogen) atoms. The van der Waals surface area contributed by atoms with Crippen molar-refractivity contribution in [1.82, 2.24) is 0 Å². The second-order valence-corrected chi connectivity index (χ2v) is 6.02. The van der Waals surface area contributed by atoms with Gasteiger partial charge in [0.25, 0.3) is 0 Å². The third-order valence-corrected chi connectivity index (χ3v) is 4.44. The molecule has 0 bridgehead atoms. The molecule has 1 fully saturated rings. The maximum atomic E-state index is 12.7. The molecular formula is C16H23N3O2. The molecule has 0 spiro atoms. The molecule has 3 N–H and O–H groups in total. The van der Waals surface area contributed by atoms with Gasteiger partial charge in [0.1, 0.15) is 0 Å². The number of hydrogen-bond donors (Lipinski definition) is 2. The Balaban J connectivity index is 2.15. The van der Waals surface area contributed by atoms with E-state index < -0.39 is 0 Å². The number of hydrogen-bond acceptors (Lipinski definition) is 3. The zero-order valence-electron chi connectivity index (χ0n) is 12.7. The van der Waals surface area contributed by atoms with Gasteiger partial charge in [0.15, 0.2) is 5.84 Å². The number of anilines is 1. The molecule has 0 aliphatic heterocycles. The smallest absolute Gasteiger partial charge is 0.232 e. The first-order valence-electron chi connectivity index (χ1n) is 7.34. The number of rotatable bonds is 3. The van der Waals surface area contributed by atoms with Crippen LogP contribution < -0.4 is 10.6 Å². The Hall–Kier alpha value is -2.04. The number of carbonyl (C=O) groups is 1. The number of carbonyl (C=O) groups excluding carboxylic acids is 1. The van der Waals surface area contributed by atoms with E-state index in [1.807, 2.05) is 12.1 Å². The number of oxime groups is 1. The maximum absolute atomic E-state index is 12.7. The molecule has 0 atom stereocenters. The zero-order chi connectivity index (χ0) is 15.5. The van der Waals surface area contributed by atoms with Gasteiger partial charge in [0, 0.05) is 23.7 Å². The molecule has 1 saturated carbocycles. The average molecular weight is 289 g/mol. The summed E-state index contributed by atoms with van der Waals surface area (Å²) in [6.45, 7) is 2.07. The van der Waals surface area contributed by atoms with Crippen molar-refractivity contribution in [3.05, 3.63) is 29.8 Å². The van der Waals surface area contributed by atoms with Crippen molar-refractivity contribution in [1.29, 1.82) is 0 Å². The summed E-state index contributed by atoms with van der Waals surface area (Å²) in [4.78, 5) is 14.4. The Kier molecular flexibility index (Phi) is 4.50. The molecule has 0 unspecified atom stereocenters. The normalized spacial score (nSPS) is 18.3. The van der Waals surface area contributed by atoms with E-state index in [1.165, 1.54) is 6.42 Å². The molecule has 114 valence electrons. The summed E-state index contributed by atoms with van der Waals surface area (Å²) >= 11 is 0. The first-order valence-corrected chi connectivity index (χ1v) is 7.34. The number of benzene rings is 1. The summed E-state index contributed by atoms with van der Waals surface area (Å²) in [6, 6.07) is 7.13. The van der Waals surface area contributed by atoms with Gasteiger partial charge in [-0.3, -0.25) is 4.79 Å². The van der Waals surface area contributed by atoms with Crippen molar-refractivity contribution in [3.63, 3.8) is 0 Å². The number of amides is 1.